The summed E-state index contributed by atoms with van der Waals surface area (Å²) in [5.41, 5.74) is 0.944. The topological polar surface area (TPSA) is 55.8 Å². The molecule has 3 rings (SSSR count). The van der Waals surface area contributed by atoms with E-state index in [-0.39, 0.29) is 12.5 Å². The van der Waals surface area contributed by atoms with Gasteiger partial charge in [0, 0.05) is 5.56 Å². The van der Waals surface area contributed by atoms with Gasteiger partial charge < -0.3 is 14.6 Å². The van der Waals surface area contributed by atoms with Gasteiger partial charge in [-0.1, -0.05) is 49.5 Å². The second-order valence-electron chi connectivity index (χ2n) is 7.91. The molecular formula is C26H30O4. The molecule has 1 fully saturated rings. The molecule has 0 saturated heterocycles. The summed E-state index contributed by atoms with van der Waals surface area (Å²) in [6, 6.07) is 15.4. The number of hydrogen-bond donors (Lipinski definition) is 1. The number of ether oxygens (including phenoxy) is 2. The molecule has 1 aliphatic rings. The molecule has 4 nitrogen and oxygen atoms in total. The summed E-state index contributed by atoms with van der Waals surface area (Å²) in [5.74, 6) is 7.02. The zero-order valence-electron chi connectivity index (χ0n) is 17.8. The number of benzene rings is 2. The van der Waals surface area contributed by atoms with Gasteiger partial charge in [0.2, 0.25) is 0 Å². The molecule has 30 heavy (non-hydrogen) atoms. The van der Waals surface area contributed by atoms with E-state index in [1.54, 1.807) is 7.11 Å². The van der Waals surface area contributed by atoms with Gasteiger partial charge in [-0.2, -0.15) is 0 Å². The lowest BCUT2D eigenvalue weighted by Gasteiger charge is -2.28. The van der Waals surface area contributed by atoms with Crippen LogP contribution in [0.2, 0.25) is 0 Å². The summed E-state index contributed by atoms with van der Waals surface area (Å²) >= 11 is 0. The molecule has 0 amide bonds. The van der Waals surface area contributed by atoms with Crippen molar-refractivity contribution in [1.29, 1.82) is 0 Å². The molecule has 0 spiro atoms. The van der Waals surface area contributed by atoms with Crippen LogP contribution in [0.1, 0.15) is 63.0 Å². The molecule has 0 aliphatic heterocycles. The maximum absolute atomic E-state index is 11.8. The molecule has 0 heterocycles. The fourth-order valence-electron chi connectivity index (χ4n) is 4.16. The Morgan fingerprint density at radius 2 is 1.87 bits per heavy atom. The highest BCUT2D eigenvalue weighted by molar-refractivity contribution is 5.71. The third-order valence-corrected chi connectivity index (χ3v) is 5.66. The van der Waals surface area contributed by atoms with Crippen LogP contribution in [0.4, 0.5) is 0 Å². The Morgan fingerprint density at radius 3 is 2.50 bits per heavy atom. The van der Waals surface area contributed by atoms with Crippen LogP contribution in [0.5, 0.6) is 11.5 Å². The first-order valence-corrected chi connectivity index (χ1v) is 10.7. The normalized spacial score (nSPS) is 15.7. The molecule has 1 N–H and O–H groups in total. The van der Waals surface area contributed by atoms with Gasteiger partial charge in [0.05, 0.1) is 25.0 Å². The fraction of sp³-hybridized carbons (Fsp3) is 0.423. The van der Waals surface area contributed by atoms with Crippen LogP contribution in [-0.2, 0) is 10.2 Å². The third kappa shape index (κ3) is 5.36. The van der Waals surface area contributed by atoms with Crippen LogP contribution >= 0.6 is 0 Å². The smallest absolute Gasteiger partial charge is 0.305 e. The van der Waals surface area contributed by atoms with Crippen molar-refractivity contribution in [3.63, 3.8) is 0 Å². The summed E-state index contributed by atoms with van der Waals surface area (Å²) in [6.07, 6.45) is 6.02. The minimum absolute atomic E-state index is 0.0597. The summed E-state index contributed by atoms with van der Waals surface area (Å²) in [5, 5.41) is 9.71. The number of carboxylic acids is 1. The molecular weight excluding hydrogens is 376 g/mol. The molecule has 1 atom stereocenters. The van der Waals surface area contributed by atoms with Crippen molar-refractivity contribution in [2.75, 3.05) is 7.11 Å². The van der Waals surface area contributed by atoms with Crippen molar-refractivity contribution in [3.8, 4) is 23.3 Å². The molecule has 4 heteroatoms. The summed E-state index contributed by atoms with van der Waals surface area (Å²) in [6.45, 7) is 2.06. The van der Waals surface area contributed by atoms with E-state index in [0.29, 0.717) is 17.9 Å². The van der Waals surface area contributed by atoms with Crippen molar-refractivity contribution in [2.45, 2.75) is 63.4 Å². The van der Waals surface area contributed by atoms with E-state index >= 15 is 0 Å². The first-order valence-electron chi connectivity index (χ1n) is 10.7. The zero-order chi connectivity index (χ0) is 21.4. The van der Waals surface area contributed by atoms with Gasteiger partial charge in [0.1, 0.15) is 0 Å². The molecule has 1 unspecified atom stereocenters. The van der Waals surface area contributed by atoms with Gasteiger partial charge >= 0.3 is 5.97 Å². The van der Waals surface area contributed by atoms with Crippen molar-refractivity contribution in [1.82, 2.24) is 0 Å². The van der Waals surface area contributed by atoms with Crippen LogP contribution in [0.15, 0.2) is 48.5 Å². The number of carboxylic acid groups (broad SMARTS) is 1. The fourth-order valence-corrected chi connectivity index (χ4v) is 4.16. The largest absolute Gasteiger partial charge is 0.493 e. The van der Waals surface area contributed by atoms with E-state index in [1.807, 2.05) is 48.5 Å². The second-order valence-corrected chi connectivity index (χ2v) is 7.91. The predicted octanol–water partition coefficient (Wildman–Crippen LogP) is 5.58. The van der Waals surface area contributed by atoms with E-state index in [0.717, 1.165) is 30.4 Å². The first kappa shape index (κ1) is 21.8. The quantitative estimate of drug-likeness (QED) is 0.582. The SMILES string of the molecule is CCCC(C#Cc1ccccc1)(CC(=O)O)c1ccc(OC)c(OC2CCCC2)c1. The van der Waals surface area contributed by atoms with Crippen LogP contribution in [0.3, 0.4) is 0 Å². The van der Waals surface area contributed by atoms with Gasteiger partial charge in [0.15, 0.2) is 11.5 Å². The highest BCUT2D eigenvalue weighted by Gasteiger charge is 2.33. The van der Waals surface area contributed by atoms with E-state index in [1.165, 1.54) is 12.8 Å². The van der Waals surface area contributed by atoms with Crippen LogP contribution in [0.25, 0.3) is 0 Å². The molecule has 158 valence electrons. The Kier molecular flexibility index (Phi) is 7.41. The van der Waals surface area contributed by atoms with Crippen LogP contribution < -0.4 is 9.47 Å². The minimum Gasteiger partial charge on any atom is -0.493 e. The number of aliphatic carboxylic acids is 1. The number of carbonyl (C=O) groups is 1. The van der Waals surface area contributed by atoms with Gasteiger partial charge in [0.25, 0.3) is 0 Å². The summed E-state index contributed by atoms with van der Waals surface area (Å²) in [4.78, 5) is 11.8. The van der Waals surface area contributed by atoms with Crippen LogP contribution in [0, 0.1) is 11.8 Å². The lowest BCUT2D eigenvalue weighted by atomic mass is 9.74. The standard InChI is InChI=1S/C26H30O4/c1-3-16-26(19-25(27)28,17-15-20-9-5-4-6-10-20)21-13-14-23(29-2)24(18-21)30-22-11-7-8-12-22/h4-6,9-10,13-14,18,22H,3,7-8,11-12,16,19H2,1-2H3,(H,27,28). The number of rotatable bonds is 8. The Labute approximate surface area is 179 Å². The van der Waals surface area contributed by atoms with Gasteiger partial charge in [-0.3, -0.25) is 4.79 Å². The number of hydrogen-bond acceptors (Lipinski definition) is 3. The lowest BCUT2D eigenvalue weighted by molar-refractivity contribution is -0.138. The Hall–Kier alpha value is -2.93. The van der Waals surface area contributed by atoms with E-state index in [9.17, 15) is 9.90 Å². The Morgan fingerprint density at radius 1 is 1.13 bits per heavy atom. The first-order chi connectivity index (χ1) is 14.6. The van der Waals surface area contributed by atoms with Gasteiger partial charge in [-0.25, -0.2) is 0 Å². The number of methoxy groups -OCH3 is 1. The zero-order valence-corrected chi connectivity index (χ0v) is 17.8. The molecule has 0 radical (unpaired) electrons. The predicted molar refractivity (Wildman–Crippen MR) is 118 cm³/mol. The molecule has 0 bridgehead atoms. The Bertz CT molecular complexity index is 904. The van der Waals surface area contributed by atoms with Crippen molar-refractivity contribution >= 4 is 5.97 Å². The maximum Gasteiger partial charge on any atom is 0.305 e. The maximum atomic E-state index is 11.8. The molecule has 1 saturated carbocycles. The molecule has 0 aromatic heterocycles. The second kappa shape index (κ2) is 10.2. The van der Waals surface area contributed by atoms with Gasteiger partial charge in [-0.15, -0.1) is 0 Å². The lowest BCUT2D eigenvalue weighted by Crippen LogP contribution is -2.28. The summed E-state index contributed by atoms with van der Waals surface area (Å²) < 4.78 is 11.8. The highest BCUT2D eigenvalue weighted by atomic mass is 16.5. The average Bonchev–Trinajstić information content (AvgIpc) is 3.25. The highest BCUT2D eigenvalue weighted by Crippen LogP contribution is 2.39. The minimum atomic E-state index is -0.861. The van der Waals surface area contributed by atoms with Crippen molar-refractivity contribution in [2.24, 2.45) is 0 Å². The van der Waals surface area contributed by atoms with Gasteiger partial charge in [-0.05, 0) is 61.9 Å². The average molecular weight is 407 g/mol. The monoisotopic (exact) mass is 406 g/mol. The van der Waals surface area contributed by atoms with E-state index < -0.39 is 11.4 Å². The van der Waals surface area contributed by atoms with Crippen LogP contribution in [-0.4, -0.2) is 24.3 Å². The molecule has 2 aromatic carbocycles. The van der Waals surface area contributed by atoms with Crippen molar-refractivity contribution in [3.05, 3.63) is 59.7 Å². The third-order valence-electron chi connectivity index (χ3n) is 5.66. The molecule has 2 aromatic rings. The van der Waals surface area contributed by atoms with E-state index in [2.05, 4.69) is 18.8 Å². The van der Waals surface area contributed by atoms with Crippen molar-refractivity contribution < 1.29 is 19.4 Å². The van der Waals surface area contributed by atoms with E-state index in [4.69, 9.17) is 9.47 Å². The molecule has 1 aliphatic carbocycles. The Balaban J connectivity index is 2.05. The summed E-state index contributed by atoms with van der Waals surface area (Å²) in [7, 11) is 1.63.